The Bertz CT molecular complexity index is 325. The van der Waals surface area contributed by atoms with E-state index in [1.165, 1.54) is 5.56 Å². The lowest BCUT2D eigenvalue weighted by atomic mass is 10.0. The van der Waals surface area contributed by atoms with Crippen LogP contribution in [-0.2, 0) is 16.8 Å². The van der Waals surface area contributed by atoms with Gasteiger partial charge in [0.2, 0.25) is 0 Å². The van der Waals surface area contributed by atoms with Crippen LogP contribution in [0.2, 0.25) is 0 Å². The quantitative estimate of drug-likeness (QED) is 0.818. The summed E-state index contributed by atoms with van der Waals surface area (Å²) in [6.45, 7) is 2.06. The Hall–Kier alpha value is -0.860. The Morgan fingerprint density at radius 3 is 2.40 bits per heavy atom. The van der Waals surface area contributed by atoms with E-state index in [0.717, 1.165) is 24.8 Å². The molecule has 1 N–H and O–H groups in total. The largest absolute Gasteiger partial charge is 0.385 e. The fraction of sp³-hybridized carbons (Fsp3) is 0.538. The Labute approximate surface area is 90.9 Å². The molecule has 0 radical (unpaired) electrons. The smallest absolute Gasteiger partial charge is 0.0899 e. The van der Waals surface area contributed by atoms with Gasteiger partial charge in [0.25, 0.3) is 0 Å². The fourth-order valence-electron chi connectivity index (χ4n) is 1.77. The SMILES string of the molecule is COC(C)Cc1ccc(C2(O)CC2)cc1. The number of aliphatic hydroxyl groups is 1. The highest BCUT2D eigenvalue weighted by atomic mass is 16.5. The molecule has 1 unspecified atom stereocenters. The van der Waals surface area contributed by atoms with E-state index in [1.807, 2.05) is 12.1 Å². The van der Waals surface area contributed by atoms with E-state index < -0.39 is 5.60 Å². The van der Waals surface area contributed by atoms with Crippen LogP contribution in [0.15, 0.2) is 24.3 Å². The van der Waals surface area contributed by atoms with E-state index in [2.05, 4.69) is 19.1 Å². The molecule has 1 saturated carbocycles. The number of ether oxygens (including phenoxy) is 1. The van der Waals surface area contributed by atoms with Crippen molar-refractivity contribution in [1.82, 2.24) is 0 Å². The summed E-state index contributed by atoms with van der Waals surface area (Å²) < 4.78 is 5.21. The summed E-state index contributed by atoms with van der Waals surface area (Å²) in [7, 11) is 1.73. The van der Waals surface area contributed by atoms with E-state index in [0.29, 0.717) is 0 Å². The van der Waals surface area contributed by atoms with Gasteiger partial charge in [-0.25, -0.2) is 0 Å². The molecule has 82 valence electrons. The first-order chi connectivity index (χ1) is 7.14. The first-order valence-corrected chi connectivity index (χ1v) is 5.49. The second kappa shape index (κ2) is 3.95. The predicted molar refractivity (Wildman–Crippen MR) is 59.7 cm³/mol. The molecule has 0 amide bonds. The number of benzene rings is 1. The summed E-state index contributed by atoms with van der Waals surface area (Å²) in [5, 5.41) is 9.89. The summed E-state index contributed by atoms with van der Waals surface area (Å²) in [4.78, 5) is 0. The minimum Gasteiger partial charge on any atom is -0.385 e. The third kappa shape index (κ3) is 2.39. The Morgan fingerprint density at radius 2 is 1.93 bits per heavy atom. The van der Waals surface area contributed by atoms with Crippen molar-refractivity contribution >= 4 is 0 Å². The van der Waals surface area contributed by atoms with Crippen LogP contribution in [0.4, 0.5) is 0 Å². The maximum absolute atomic E-state index is 9.89. The molecule has 1 aromatic carbocycles. The molecule has 0 aromatic heterocycles. The highest BCUT2D eigenvalue weighted by Crippen LogP contribution is 2.45. The van der Waals surface area contributed by atoms with Gasteiger partial charge in [-0.3, -0.25) is 0 Å². The van der Waals surface area contributed by atoms with Crippen LogP contribution < -0.4 is 0 Å². The summed E-state index contributed by atoms with van der Waals surface area (Å²) in [6.07, 6.45) is 2.98. The monoisotopic (exact) mass is 206 g/mol. The van der Waals surface area contributed by atoms with E-state index in [9.17, 15) is 5.11 Å². The zero-order chi connectivity index (χ0) is 10.9. The summed E-state index contributed by atoms with van der Waals surface area (Å²) in [5.74, 6) is 0. The zero-order valence-electron chi connectivity index (χ0n) is 9.36. The van der Waals surface area contributed by atoms with E-state index in [-0.39, 0.29) is 6.10 Å². The molecule has 0 aliphatic heterocycles. The van der Waals surface area contributed by atoms with Crippen molar-refractivity contribution in [1.29, 1.82) is 0 Å². The van der Waals surface area contributed by atoms with Crippen LogP contribution in [0.1, 0.15) is 30.9 Å². The molecule has 2 rings (SSSR count). The number of hydrogen-bond donors (Lipinski definition) is 1. The zero-order valence-corrected chi connectivity index (χ0v) is 9.36. The molecule has 0 saturated heterocycles. The molecular formula is C13H18O2. The van der Waals surface area contributed by atoms with Gasteiger partial charge >= 0.3 is 0 Å². The number of hydrogen-bond acceptors (Lipinski definition) is 2. The molecule has 0 spiro atoms. The molecule has 2 nitrogen and oxygen atoms in total. The topological polar surface area (TPSA) is 29.5 Å². The lowest BCUT2D eigenvalue weighted by Gasteiger charge is -2.11. The minimum atomic E-state index is -0.509. The Kier molecular flexibility index (Phi) is 2.81. The molecule has 1 aromatic rings. The van der Waals surface area contributed by atoms with Crippen LogP contribution in [0, 0.1) is 0 Å². The van der Waals surface area contributed by atoms with Crippen LogP contribution in [0.5, 0.6) is 0 Å². The normalized spacial score (nSPS) is 19.9. The second-order valence-corrected chi connectivity index (χ2v) is 4.48. The van der Waals surface area contributed by atoms with Gasteiger partial charge in [-0.15, -0.1) is 0 Å². The van der Waals surface area contributed by atoms with Crippen molar-refractivity contribution in [2.45, 2.75) is 37.9 Å². The molecular weight excluding hydrogens is 188 g/mol. The molecule has 1 aliphatic rings. The van der Waals surface area contributed by atoms with Crippen molar-refractivity contribution in [3.8, 4) is 0 Å². The number of rotatable bonds is 4. The Balaban J connectivity index is 2.04. The van der Waals surface area contributed by atoms with E-state index in [4.69, 9.17) is 4.74 Å². The van der Waals surface area contributed by atoms with Gasteiger partial charge in [-0.2, -0.15) is 0 Å². The molecule has 0 heterocycles. The summed E-state index contributed by atoms with van der Waals surface area (Å²) in [5.41, 5.74) is 1.81. The second-order valence-electron chi connectivity index (χ2n) is 4.48. The van der Waals surface area contributed by atoms with Gasteiger partial charge in [0.15, 0.2) is 0 Å². The third-order valence-electron chi connectivity index (χ3n) is 3.14. The Morgan fingerprint density at radius 1 is 1.33 bits per heavy atom. The van der Waals surface area contributed by atoms with Crippen LogP contribution in [0.3, 0.4) is 0 Å². The van der Waals surface area contributed by atoms with E-state index >= 15 is 0 Å². The minimum absolute atomic E-state index is 0.250. The van der Waals surface area contributed by atoms with Gasteiger partial charge < -0.3 is 9.84 Å². The van der Waals surface area contributed by atoms with Gasteiger partial charge in [0, 0.05) is 7.11 Å². The van der Waals surface area contributed by atoms with Crippen molar-refractivity contribution in [2.75, 3.05) is 7.11 Å². The standard InChI is InChI=1S/C13H18O2/c1-10(15-2)9-11-3-5-12(6-4-11)13(14)7-8-13/h3-6,10,14H,7-9H2,1-2H3. The fourth-order valence-corrected chi connectivity index (χ4v) is 1.77. The summed E-state index contributed by atoms with van der Waals surface area (Å²) >= 11 is 0. The molecule has 2 heteroatoms. The first kappa shape index (κ1) is 10.7. The van der Waals surface area contributed by atoms with Crippen LogP contribution >= 0.6 is 0 Å². The van der Waals surface area contributed by atoms with Gasteiger partial charge in [-0.1, -0.05) is 24.3 Å². The highest BCUT2D eigenvalue weighted by Gasteiger charge is 2.41. The average Bonchev–Trinajstić information content (AvgIpc) is 2.98. The molecule has 15 heavy (non-hydrogen) atoms. The maximum atomic E-state index is 9.89. The van der Waals surface area contributed by atoms with Crippen LogP contribution in [0.25, 0.3) is 0 Å². The maximum Gasteiger partial charge on any atom is 0.0899 e. The van der Waals surface area contributed by atoms with Gasteiger partial charge in [0.1, 0.15) is 0 Å². The van der Waals surface area contributed by atoms with Crippen LogP contribution in [-0.4, -0.2) is 18.3 Å². The summed E-state index contributed by atoms with van der Waals surface area (Å²) in [6, 6.07) is 8.23. The van der Waals surface area contributed by atoms with Gasteiger partial charge in [0.05, 0.1) is 11.7 Å². The van der Waals surface area contributed by atoms with Crippen molar-refractivity contribution < 1.29 is 9.84 Å². The molecule has 1 atom stereocenters. The lowest BCUT2D eigenvalue weighted by Crippen LogP contribution is -2.09. The molecule has 1 fully saturated rings. The number of methoxy groups -OCH3 is 1. The van der Waals surface area contributed by atoms with Crippen molar-refractivity contribution in [3.63, 3.8) is 0 Å². The molecule has 0 bridgehead atoms. The third-order valence-corrected chi connectivity index (χ3v) is 3.14. The van der Waals surface area contributed by atoms with E-state index in [1.54, 1.807) is 7.11 Å². The average molecular weight is 206 g/mol. The van der Waals surface area contributed by atoms with Gasteiger partial charge in [-0.05, 0) is 37.3 Å². The van der Waals surface area contributed by atoms with Crippen molar-refractivity contribution in [3.05, 3.63) is 35.4 Å². The molecule has 1 aliphatic carbocycles. The van der Waals surface area contributed by atoms with Crippen molar-refractivity contribution in [2.24, 2.45) is 0 Å². The first-order valence-electron chi connectivity index (χ1n) is 5.49. The highest BCUT2D eigenvalue weighted by molar-refractivity contribution is 5.30. The predicted octanol–water partition coefficient (Wildman–Crippen LogP) is 2.25. The lowest BCUT2D eigenvalue weighted by molar-refractivity contribution is 0.119.